The molecular weight excluding hydrogens is 166 g/mol. The zero-order valence-electron chi connectivity index (χ0n) is 7.16. The highest BCUT2D eigenvalue weighted by molar-refractivity contribution is 7.98. The number of rotatable bonds is 3. The number of thioether (sulfide) groups is 1. The number of hydrogen-bond donors (Lipinski definition) is 1. The average molecular weight is 179 g/mol. The van der Waals surface area contributed by atoms with E-state index in [1.165, 1.54) is 4.90 Å². The van der Waals surface area contributed by atoms with Crippen LogP contribution in [-0.2, 0) is 0 Å². The SMILES string of the molecule is C=C[C@@H](N)c1ccccc1SC. The second-order valence-corrected chi connectivity index (χ2v) is 3.35. The van der Waals surface area contributed by atoms with Crippen LogP contribution in [-0.4, -0.2) is 6.26 Å². The highest BCUT2D eigenvalue weighted by Crippen LogP contribution is 2.24. The van der Waals surface area contributed by atoms with Gasteiger partial charge in [0.15, 0.2) is 0 Å². The molecule has 2 heteroatoms. The van der Waals surface area contributed by atoms with Crippen LogP contribution in [0.25, 0.3) is 0 Å². The molecule has 0 unspecified atom stereocenters. The summed E-state index contributed by atoms with van der Waals surface area (Å²) >= 11 is 1.71. The Balaban J connectivity index is 3.04. The van der Waals surface area contributed by atoms with Crippen LogP contribution in [0.15, 0.2) is 41.8 Å². The third-order valence-electron chi connectivity index (χ3n) is 1.75. The lowest BCUT2D eigenvalue weighted by molar-refractivity contribution is 0.887. The molecule has 0 radical (unpaired) electrons. The van der Waals surface area contributed by atoms with Crippen LogP contribution >= 0.6 is 11.8 Å². The van der Waals surface area contributed by atoms with Crippen LogP contribution in [0, 0.1) is 0 Å². The molecule has 0 heterocycles. The zero-order chi connectivity index (χ0) is 8.97. The zero-order valence-corrected chi connectivity index (χ0v) is 7.97. The van der Waals surface area contributed by atoms with E-state index in [0.29, 0.717) is 0 Å². The van der Waals surface area contributed by atoms with Crippen molar-refractivity contribution in [3.05, 3.63) is 42.5 Å². The summed E-state index contributed by atoms with van der Waals surface area (Å²) in [4.78, 5) is 1.23. The Kier molecular flexibility index (Phi) is 3.38. The van der Waals surface area contributed by atoms with Crippen molar-refractivity contribution in [1.82, 2.24) is 0 Å². The fraction of sp³-hybridized carbons (Fsp3) is 0.200. The van der Waals surface area contributed by atoms with Crippen LogP contribution in [0.5, 0.6) is 0 Å². The Bertz CT molecular complexity index is 270. The van der Waals surface area contributed by atoms with Crippen LogP contribution < -0.4 is 5.73 Å². The molecular formula is C10H13NS. The Morgan fingerprint density at radius 3 is 2.75 bits per heavy atom. The monoisotopic (exact) mass is 179 g/mol. The lowest BCUT2D eigenvalue weighted by Gasteiger charge is -2.10. The maximum Gasteiger partial charge on any atom is 0.0489 e. The van der Waals surface area contributed by atoms with Gasteiger partial charge in [-0.25, -0.2) is 0 Å². The lowest BCUT2D eigenvalue weighted by atomic mass is 10.1. The van der Waals surface area contributed by atoms with Crippen molar-refractivity contribution in [2.24, 2.45) is 5.73 Å². The molecule has 0 aliphatic rings. The Hall–Kier alpha value is -0.730. The first-order valence-electron chi connectivity index (χ1n) is 3.80. The van der Waals surface area contributed by atoms with Crippen molar-refractivity contribution < 1.29 is 0 Å². The fourth-order valence-corrected chi connectivity index (χ4v) is 1.72. The van der Waals surface area contributed by atoms with E-state index < -0.39 is 0 Å². The van der Waals surface area contributed by atoms with Crippen LogP contribution in [0.2, 0.25) is 0 Å². The maximum absolute atomic E-state index is 5.84. The third kappa shape index (κ3) is 1.90. The van der Waals surface area contributed by atoms with E-state index in [1.807, 2.05) is 18.2 Å². The van der Waals surface area contributed by atoms with Crippen LogP contribution in [0.4, 0.5) is 0 Å². The molecule has 1 aromatic carbocycles. The molecule has 0 saturated heterocycles. The normalized spacial score (nSPS) is 12.5. The van der Waals surface area contributed by atoms with Crippen molar-refractivity contribution in [3.8, 4) is 0 Å². The first-order chi connectivity index (χ1) is 5.79. The molecule has 0 aromatic heterocycles. The molecule has 2 N–H and O–H groups in total. The Morgan fingerprint density at radius 1 is 1.50 bits per heavy atom. The topological polar surface area (TPSA) is 26.0 Å². The highest BCUT2D eigenvalue weighted by Gasteiger charge is 2.04. The van der Waals surface area contributed by atoms with Crippen molar-refractivity contribution >= 4 is 11.8 Å². The van der Waals surface area contributed by atoms with Crippen LogP contribution in [0.3, 0.4) is 0 Å². The van der Waals surface area contributed by atoms with Gasteiger partial charge >= 0.3 is 0 Å². The molecule has 12 heavy (non-hydrogen) atoms. The molecule has 0 bridgehead atoms. The fourth-order valence-electron chi connectivity index (χ4n) is 1.07. The molecule has 0 aliphatic heterocycles. The van der Waals surface area contributed by atoms with E-state index in [1.54, 1.807) is 17.8 Å². The summed E-state index contributed by atoms with van der Waals surface area (Å²) in [7, 11) is 0. The van der Waals surface area contributed by atoms with Gasteiger partial charge in [-0.3, -0.25) is 0 Å². The van der Waals surface area contributed by atoms with Crippen molar-refractivity contribution in [2.75, 3.05) is 6.26 Å². The summed E-state index contributed by atoms with van der Waals surface area (Å²) in [5, 5.41) is 0. The average Bonchev–Trinajstić information content (AvgIpc) is 2.16. The summed E-state index contributed by atoms with van der Waals surface area (Å²) in [5.41, 5.74) is 6.99. The summed E-state index contributed by atoms with van der Waals surface area (Å²) in [5.74, 6) is 0. The molecule has 1 atom stereocenters. The van der Waals surface area contributed by atoms with Gasteiger partial charge in [-0.05, 0) is 17.9 Å². The minimum atomic E-state index is -0.0475. The van der Waals surface area contributed by atoms with Crippen molar-refractivity contribution in [3.63, 3.8) is 0 Å². The first-order valence-corrected chi connectivity index (χ1v) is 5.03. The highest BCUT2D eigenvalue weighted by atomic mass is 32.2. The molecule has 1 rings (SSSR count). The van der Waals surface area contributed by atoms with Gasteiger partial charge in [0.25, 0.3) is 0 Å². The van der Waals surface area contributed by atoms with Gasteiger partial charge in [-0.1, -0.05) is 24.3 Å². The van der Waals surface area contributed by atoms with E-state index >= 15 is 0 Å². The Morgan fingerprint density at radius 2 is 2.17 bits per heavy atom. The quantitative estimate of drug-likeness (QED) is 0.570. The van der Waals surface area contributed by atoms with Crippen LogP contribution in [0.1, 0.15) is 11.6 Å². The molecule has 1 nitrogen and oxygen atoms in total. The maximum atomic E-state index is 5.84. The Labute approximate surface area is 77.7 Å². The van der Waals surface area contributed by atoms with Gasteiger partial charge in [0, 0.05) is 10.9 Å². The second kappa shape index (κ2) is 4.33. The summed E-state index contributed by atoms with van der Waals surface area (Å²) < 4.78 is 0. The smallest absolute Gasteiger partial charge is 0.0489 e. The minimum absolute atomic E-state index is 0.0475. The van der Waals surface area contributed by atoms with Crippen molar-refractivity contribution in [2.45, 2.75) is 10.9 Å². The largest absolute Gasteiger partial charge is 0.321 e. The molecule has 1 aromatic rings. The van der Waals surface area contributed by atoms with E-state index in [9.17, 15) is 0 Å². The third-order valence-corrected chi connectivity index (χ3v) is 2.56. The van der Waals surface area contributed by atoms with Gasteiger partial charge in [0.1, 0.15) is 0 Å². The summed E-state index contributed by atoms with van der Waals surface area (Å²) in [6.07, 6.45) is 3.81. The van der Waals surface area contributed by atoms with Gasteiger partial charge in [-0.2, -0.15) is 0 Å². The number of nitrogens with two attached hydrogens (primary N) is 1. The van der Waals surface area contributed by atoms with E-state index in [-0.39, 0.29) is 6.04 Å². The lowest BCUT2D eigenvalue weighted by Crippen LogP contribution is -2.07. The molecule has 0 fully saturated rings. The predicted octanol–water partition coefficient (Wildman–Crippen LogP) is 2.59. The van der Waals surface area contributed by atoms with Gasteiger partial charge in [0.2, 0.25) is 0 Å². The predicted molar refractivity (Wildman–Crippen MR) is 55.3 cm³/mol. The second-order valence-electron chi connectivity index (χ2n) is 2.50. The summed E-state index contributed by atoms with van der Waals surface area (Å²) in [6.45, 7) is 3.68. The van der Waals surface area contributed by atoms with Gasteiger partial charge in [-0.15, -0.1) is 18.3 Å². The molecule has 0 amide bonds. The molecule has 0 spiro atoms. The number of hydrogen-bond acceptors (Lipinski definition) is 2. The standard InChI is InChI=1S/C10H13NS/c1-3-9(11)8-6-4-5-7-10(8)12-2/h3-7,9H,1,11H2,2H3/t9-/m1/s1. The van der Waals surface area contributed by atoms with Gasteiger partial charge in [0.05, 0.1) is 0 Å². The van der Waals surface area contributed by atoms with Gasteiger partial charge < -0.3 is 5.73 Å². The number of benzene rings is 1. The van der Waals surface area contributed by atoms with E-state index in [0.717, 1.165) is 5.56 Å². The molecule has 64 valence electrons. The minimum Gasteiger partial charge on any atom is -0.321 e. The summed E-state index contributed by atoms with van der Waals surface area (Å²) in [6, 6.07) is 8.08. The molecule has 0 aliphatic carbocycles. The van der Waals surface area contributed by atoms with E-state index in [2.05, 4.69) is 18.9 Å². The molecule has 0 saturated carbocycles. The van der Waals surface area contributed by atoms with E-state index in [4.69, 9.17) is 5.73 Å². The van der Waals surface area contributed by atoms with Crippen molar-refractivity contribution in [1.29, 1.82) is 0 Å². The first kappa shape index (κ1) is 9.36.